The smallest absolute Gasteiger partial charge is 0.227 e. The van der Waals surface area contributed by atoms with Gasteiger partial charge < -0.3 is 5.32 Å². The second-order valence-electron chi connectivity index (χ2n) is 7.39. The summed E-state index contributed by atoms with van der Waals surface area (Å²) in [5.41, 5.74) is 2.50. The summed E-state index contributed by atoms with van der Waals surface area (Å²) in [5.74, 6) is 2.27. The molecule has 148 valence electrons. The lowest BCUT2D eigenvalue weighted by Crippen LogP contribution is -2.27. The normalized spacial score (nSPS) is 14.8. The molecule has 6 nitrogen and oxygen atoms in total. The molecule has 0 aliphatic carbocycles. The van der Waals surface area contributed by atoms with Gasteiger partial charge in [0.05, 0.1) is 0 Å². The summed E-state index contributed by atoms with van der Waals surface area (Å²) in [5, 5.41) is 10.7. The van der Waals surface area contributed by atoms with Gasteiger partial charge in [0.2, 0.25) is 11.9 Å². The van der Waals surface area contributed by atoms with Gasteiger partial charge in [-0.25, -0.2) is 4.68 Å². The van der Waals surface area contributed by atoms with Crippen molar-refractivity contribution in [2.75, 3.05) is 18.4 Å². The largest absolute Gasteiger partial charge is 0.317 e. The van der Waals surface area contributed by atoms with E-state index in [9.17, 15) is 4.79 Å². The number of nitrogens with one attached hydrogen (secondary N) is 2. The Morgan fingerprint density at radius 1 is 1.26 bits per heavy atom. The standard InChI is InChI=1S/C20H29N5O.ClH/c1-14(2)16-7-4-15(5-8-16)6-9-18(26)22-20-23-19(24-25(20)3)17-10-12-21-13-11-17;/h4-5,7-8,14,17,21H,6,9-13H2,1-3H3,(H,22,23,24,26);1H. The number of rotatable bonds is 6. The highest BCUT2D eigenvalue weighted by molar-refractivity contribution is 5.89. The third kappa shape index (κ3) is 5.78. The fraction of sp³-hybridized carbons (Fsp3) is 0.550. The molecule has 1 aromatic heterocycles. The number of carbonyl (C=O) groups is 1. The van der Waals surface area contributed by atoms with Crippen LogP contribution < -0.4 is 10.6 Å². The van der Waals surface area contributed by atoms with Gasteiger partial charge >= 0.3 is 0 Å². The Morgan fingerprint density at radius 3 is 2.56 bits per heavy atom. The van der Waals surface area contributed by atoms with Crippen molar-refractivity contribution in [2.24, 2.45) is 7.05 Å². The Labute approximate surface area is 167 Å². The quantitative estimate of drug-likeness (QED) is 0.791. The number of aryl methyl sites for hydroxylation is 2. The van der Waals surface area contributed by atoms with E-state index in [2.05, 4.69) is 58.8 Å². The molecule has 1 amide bonds. The Hall–Kier alpha value is -1.92. The third-order valence-electron chi connectivity index (χ3n) is 5.02. The highest BCUT2D eigenvalue weighted by atomic mass is 35.5. The van der Waals surface area contributed by atoms with Crippen LogP contribution in [0.1, 0.15) is 61.9 Å². The first-order valence-corrected chi connectivity index (χ1v) is 9.53. The summed E-state index contributed by atoms with van der Waals surface area (Å²) < 4.78 is 1.67. The van der Waals surface area contributed by atoms with E-state index >= 15 is 0 Å². The van der Waals surface area contributed by atoms with Crippen molar-refractivity contribution in [3.05, 3.63) is 41.2 Å². The van der Waals surface area contributed by atoms with Gasteiger partial charge in [0, 0.05) is 19.4 Å². The number of piperidine rings is 1. The Kier molecular flexibility index (Phi) is 7.80. The summed E-state index contributed by atoms with van der Waals surface area (Å²) in [6.07, 6.45) is 3.26. The average molecular weight is 392 g/mol. The molecule has 1 fully saturated rings. The van der Waals surface area contributed by atoms with Crippen LogP contribution in [0.2, 0.25) is 0 Å². The highest BCUT2D eigenvalue weighted by Crippen LogP contribution is 2.23. The first kappa shape index (κ1) is 21.4. The summed E-state index contributed by atoms with van der Waals surface area (Å²) in [6, 6.07) is 8.51. The Balaban J connectivity index is 0.00000261. The van der Waals surface area contributed by atoms with Crippen molar-refractivity contribution in [1.29, 1.82) is 0 Å². The lowest BCUT2D eigenvalue weighted by atomic mass is 9.98. The highest BCUT2D eigenvalue weighted by Gasteiger charge is 2.21. The fourth-order valence-electron chi connectivity index (χ4n) is 3.28. The molecular weight excluding hydrogens is 362 g/mol. The SMILES string of the molecule is CC(C)c1ccc(CCC(=O)Nc2nc(C3CCNCC3)nn2C)cc1.Cl. The van der Waals surface area contributed by atoms with Gasteiger partial charge in [0.25, 0.3) is 0 Å². The monoisotopic (exact) mass is 391 g/mol. The van der Waals surface area contributed by atoms with E-state index in [1.54, 1.807) is 4.68 Å². The van der Waals surface area contributed by atoms with Crippen molar-refractivity contribution in [1.82, 2.24) is 20.1 Å². The van der Waals surface area contributed by atoms with E-state index in [4.69, 9.17) is 0 Å². The number of amides is 1. The molecular formula is C20H30ClN5O. The van der Waals surface area contributed by atoms with Crippen LogP contribution in [0.4, 0.5) is 5.95 Å². The molecule has 0 radical (unpaired) electrons. The molecule has 1 aliphatic heterocycles. The zero-order valence-corrected chi connectivity index (χ0v) is 17.2. The molecule has 2 heterocycles. The predicted octanol–water partition coefficient (Wildman–Crippen LogP) is 3.40. The van der Waals surface area contributed by atoms with Gasteiger partial charge in [-0.3, -0.25) is 10.1 Å². The summed E-state index contributed by atoms with van der Waals surface area (Å²) in [4.78, 5) is 16.8. The van der Waals surface area contributed by atoms with E-state index in [0.29, 0.717) is 24.2 Å². The number of hydrogen-bond acceptors (Lipinski definition) is 4. The molecule has 1 aromatic carbocycles. The number of halogens is 1. The number of aromatic nitrogens is 3. The van der Waals surface area contributed by atoms with Crippen molar-refractivity contribution >= 4 is 24.3 Å². The van der Waals surface area contributed by atoms with Crippen LogP contribution in [0.3, 0.4) is 0 Å². The lowest BCUT2D eigenvalue weighted by molar-refractivity contribution is -0.116. The maximum atomic E-state index is 12.3. The molecule has 2 N–H and O–H groups in total. The van der Waals surface area contributed by atoms with Crippen LogP contribution >= 0.6 is 12.4 Å². The number of benzene rings is 1. The first-order valence-electron chi connectivity index (χ1n) is 9.53. The van der Waals surface area contributed by atoms with E-state index in [-0.39, 0.29) is 18.3 Å². The average Bonchev–Trinajstić information content (AvgIpc) is 3.01. The van der Waals surface area contributed by atoms with Crippen molar-refractivity contribution in [3.8, 4) is 0 Å². The molecule has 1 aliphatic rings. The van der Waals surface area contributed by atoms with E-state index in [1.165, 1.54) is 11.1 Å². The van der Waals surface area contributed by atoms with E-state index < -0.39 is 0 Å². The van der Waals surface area contributed by atoms with E-state index in [1.807, 2.05) is 7.05 Å². The maximum Gasteiger partial charge on any atom is 0.227 e. The topological polar surface area (TPSA) is 71.8 Å². The molecule has 0 saturated carbocycles. The minimum Gasteiger partial charge on any atom is -0.317 e. The lowest BCUT2D eigenvalue weighted by Gasteiger charge is -2.19. The fourth-order valence-corrected chi connectivity index (χ4v) is 3.28. The van der Waals surface area contributed by atoms with Gasteiger partial charge in [-0.05, 0) is 49.4 Å². The molecule has 3 rings (SSSR count). The van der Waals surface area contributed by atoms with Crippen LogP contribution in [0.15, 0.2) is 24.3 Å². The molecule has 1 saturated heterocycles. The summed E-state index contributed by atoms with van der Waals surface area (Å²) >= 11 is 0. The van der Waals surface area contributed by atoms with Crippen molar-refractivity contribution in [2.45, 2.75) is 51.4 Å². The first-order chi connectivity index (χ1) is 12.5. The van der Waals surface area contributed by atoms with Gasteiger partial charge in [0.15, 0.2) is 5.82 Å². The summed E-state index contributed by atoms with van der Waals surface area (Å²) in [7, 11) is 1.83. The number of hydrogen-bond donors (Lipinski definition) is 2. The third-order valence-corrected chi connectivity index (χ3v) is 5.02. The predicted molar refractivity (Wildman–Crippen MR) is 111 cm³/mol. The minimum absolute atomic E-state index is 0. The van der Waals surface area contributed by atoms with Crippen molar-refractivity contribution < 1.29 is 4.79 Å². The van der Waals surface area contributed by atoms with Crippen LogP contribution in [0.5, 0.6) is 0 Å². The van der Waals surface area contributed by atoms with Crippen LogP contribution in [-0.2, 0) is 18.3 Å². The van der Waals surface area contributed by atoms with Crippen LogP contribution in [-0.4, -0.2) is 33.8 Å². The zero-order valence-electron chi connectivity index (χ0n) is 16.4. The van der Waals surface area contributed by atoms with Gasteiger partial charge in [-0.2, -0.15) is 10.1 Å². The minimum atomic E-state index is -0.0229. The number of carbonyl (C=O) groups excluding carboxylic acids is 1. The molecule has 7 heteroatoms. The second kappa shape index (κ2) is 9.85. The van der Waals surface area contributed by atoms with Crippen molar-refractivity contribution in [3.63, 3.8) is 0 Å². The van der Waals surface area contributed by atoms with Crippen LogP contribution in [0, 0.1) is 0 Å². The zero-order chi connectivity index (χ0) is 18.5. The molecule has 0 atom stereocenters. The van der Waals surface area contributed by atoms with Gasteiger partial charge in [-0.15, -0.1) is 12.4 Å². The molecule has 2 aromatic rings. The number of nitrogens with zero attached hydrogens (tertiary/aromatic N) is 3. The summed E-state index contributed by atoms with van der Waals surface area (Å²) in [6.45, 7) is 6.36. The molecule has 0 unspecified atom stereocenters. The molecule has 0 spiro atoms. The Morgan fingerprint density at radius 2 is 1.93 bits per heavy atom. The number of anilines is 1. The Bertz CT molecular complexity index is 735. The van der Waals surface area contributed by atoms with Crippen LogP contribution in [0.25, 0.3) is 0 Å². The molecule has 0 bridgehead atoms. The molecule has 27 heavy (non-hydrogen) atoms. The second-order valence-corrected chi connectivity index (χ2v) is 7.39. The maximum absolute atomic E-state index is 12.3. The van der Waals surface area contributed by atoms with Gasteiger partial charge in [0.1, 0.15) is 0 Å². The van der Waals surface area contributed by atoms with E-state index in [0.717, 1.165) is 38.2 Å². The van der Waals surface area contributed by atoms with Gasteiger partial charge in [-0.1, -0.05) is 38.1 Å².